The number of aryl methyl sites for hydroxylation is 1. The Labute approximate surface area is 115 Å². The van der Waals surface area contributed by atoms with E-state index in [-0.39, 0.29) is 0 Å². The highest BCUT2D eigenvalue weighted by molar-refractivity contribution is 7.99. The monoisotopic (exact) mass is 270 g/mol. The summed E-state index contributed by atoms with van der Waals surface area (Å²) in [6.07, 6.45) is 3.69. The van der Waals surface area contributed by atoms with Crippen LogP contribution in [0, 0.1) is 6.92 Å². The number of thioether (sulfide) groups is 1. The van der Waals surface area contributed by atoms with Crippen molar-refractivity contribution in [2.75, 3.05) is 5.75 Å². The lowest BCUT2D eigenvalue weighted by Gasteiger charge is -2.08. The predicted octanol–water partition coefficient (Wildman–Crippen LogP) is 3.24. The number of fused-ring (bicyclic) bond motifs is 1. The third-order valence-electron chi connectivity index (χ3n) is 2.88. The molecule has 0 saturated heterocycles. The fraction of sp³-hybridized carbons (Fsp3) is 0.214. The molecule has 3 aromatic rings. The van der Waals surface area contributed by atoms with E-state index in [2.05, 4.69) is 27.9 Å². The molecule has 0 atom stereocenters. The Balaban J connectivity index is 2.17. The number of hydrogen-bond donors (Lipinski definition) is 0. The van der Waals surface area contributed by atoms with E-state index in [4.69, 9.17) is 0 Å². The minimum Gasteiger partial charge on any atom is -0.283 e. The molecule has 19 heavy (non-hydrogen) atoms. The van der Waals surface area contributed by atoms with Gasteiger partial charge in [-0.3, -0.25) is 4.57 Å². The van der Waals surface area contributed by atoms with Crippen LogP contribution in [-0.4, -0.2) is 25.3 Å². The smallest absolute Gasteiger partial charge is 0.189 e. The van der Waals surface area contributed by atoms with Gasteiger partial charge in [0.2, 0.25) is 0 Å². The van der Waals surface area contributed by atoms with Crippen molar-refractivity contribution < 1.29 is 0 Å². The first-order chi connectivity index (χ1) is 9.29. The lowest BCUT2D eigenvalue weighted by molar-refractivity contribution is 0.883. The van der Waals surface area contributed by atoms with Crippen LogP contribution in [0.1, 0.15) is 12.5 Å². The van der Waals surface area contributed by atoms with E-state index in [0.717, 1.165) is 33.3 Å². The summed E-state index contributed by atoms with van der Waals surface area (Å²) in [5, 5.41) is 0.806. The van der Waals surface area contributed by atoms with Crippen LogP contribution in [0.4, 0.5) is 0 Å². The van der Waals surface area contributed by atoms with Crippen molar-refractivity contribution in [1.82, 2.24) is 19.5 Å². The Morgan fingerprint density at radius 1 is 1.21 bits per heavy atom. The molecule has 0 N–H and O–H groups in total. The lowest BCUT2D eigenvalue weighted by Crippen LogP contribution is -2.02. The van der Waals surface area contributed by atoms with Gasteiger partial charge in [0.1, 0.15) is 12.1 Å². The molecule has 0 bridgehead atoms. The molecule has 96 valence electrons. The van der Waals surface area contributed by atoms with Gasteiger partial charge in [0.25, 0.3) is 0 Å². The molecular weight excluding hydrogens is 256 g/mol. The summed E-state index contributed by atoms with van der Waals surface area (Å²) in [6, 6.07) is 8.06. The van der Waals surface area contributed by atoms with Gasteiger partial charge in [-0.1, -0.05) is 30.8 Å². The quantitative estimate of drug-likeness (QED) is 0.541. The molecule has 3 rings (SSSR count). The average molecular weight is 270 g/mol. The molecule has 0 aliphatic heterocycles. The number of aromatic nitrogens is 4. The van der Waals surface area contributed by atoms with Gasteiger partial charge in [-0.05, 0) is 24.8 Å². The van der Waals surface area contributed by atoms with Crippen LogP contribution in [0.2, 0.25) is 0 Å². The van der Waals surface area contributed by atoms with E-state index >= 15 is 0 Å². The first-order valence-electron chi connectivity index (χ1n) is 6.18. The van der Waals surface area contributed by atoms with Crippen LogP contribution in [-0.2, 0) is 0 Å². The molecule has 0 amide bonds. The molecule has 0 unspecified atom stereocenters. The van der Waals surface area contributed by atoms with Gasteiger partial charge in [-0.2, -0.15) is 0 Å². The summed E-state index contributed by atoms with van der Waals surface area (Å²) in [5.41, 5.74) is 3.09. The Kier molecular flexibility index (Phi) is 3.21. The fourth-order valence-corrected chi connectivity index (χ4v) is 2.52. The zero-order valence-electron chi connectivity index (χ0n) is 10.9. The van der Waals surface area contributed by atoms with Crippen molar-refractivity contribution in [3.63, 3.8) is 0 Å². The van der Waals surface area contributed by atoms with Gasteiger partial charge in [-0.15, -0.1) is 0 Å². The molecule has 0 radical (unpaired) electrons. The predicted molar refractivity (Wildman–Crippen MR) is 77.8 cm³/mol. The summed E-state index contributed by atoms with van der Waals surface area (Å²) in [6.45, 7) is 4.12. The van der Waals surface area contributed by atoms with Crippen LogP contribution in [0.25, 0.3) is 16.9 Å². The fourth-order valence-electron chi connectivity index (χ4n) is 1.99. The SMILES string of the molecule is CCSc1ncc(C)c(-n2cnc3ccccc32)n1. The number of rotatable bonds is 3. The second-order valence-corrected chi connectivity index (χ2v) is 5.43. The molecule has 2 aromatic heterocycles. The second kappa shape index (κ2) is 5.01. The van der Waals surface area contributed by atoms with E-state index < -0.39 is 0 Å². The standard InChI is InChI=1S/C14H14N4S/c1-3-19-14-15-8-10(2)13(17-14)18-9-16-11-6-4-5-7-12(11)18/h4-9H,3H2,1-2H3. The topological polar surface area (TPSA) is 43.6 Å². The Morgan fingerprint density at radius 3 is 2.89 bits per heavy atom. The highest BCUT2D eigenvalue weighted by Crippen LogP contribution is 2.21. The van der Waals surface area contributed by atoms with Crippen molar-refractivity contribution in [2.45, 2.75) is 19.0 Å². The van der Waals surface area contributed by atoms with Gasteiger partial charge >= 0.3 is 0 Å². The van der Waals surface area contributed by atoms with Crippen LogP contribution < -0.4 is 0 Å². The largest absolute Gasteiger partial charge is 0.283 e. The minimum absolute atomic E-state index is 0.806. The maximum Gasteiger partial charge on any atom is 0.189 e. The van der Waals surface area contributed by atoms with E-state index in [9.17, 15) is 0 Å². The van der Waals surface area contributed by atoms with Crippen LogP contribution >= 0.6 is 11.8 Å². The maximum absolute atomic E-state index is 4.63. The van der Waals surface area contributed by atoms with E-state index in [1.54, 1.807) is 11.8 Å². The average Bonchev–Trinajstić information content (AvgIpc) is 2.85. The number of hydrogen-bond acceptors (Lipinski definition) is 4. The van der Waals surface area contributed by atoms with Gasteiger partial charge in [0, 0.05) is 11.8 Å². The minimum atomic E-state index is 0.806. The first kappa shape index (κ1) is 12.2. The third-order valence-corrected chi connectivity index (χ3v) is 3.62. The number of para-hydroxylation sites is 2. The second-order valence-electron chi connectivity index (χ2n) is 4.20. The highest BCUT2D eigenvalue weighted by atomic mass is 32.2. The first-order valence-corrected chi connectivity index (χ1v) is 7.17. The molecule has 0 aliphatic rings. The highest BCUT2D eigenvalue weighted by Gasteiger charge is 2.09. The Morgan fingerprint density at radius 2 is 2.05 bits per heavy atom. The normalized spacial score (nSPS) is 11.1. The van der Waals surface area contributed by atoms with Gasteiger partial charge in [0.05, 0.1) is 11.0 Å². The molecular formula is C14H14N4S. The van der Waals surface area contributed by atoms with Crippen LogP contribution in [0.5, 0.6) is 0 Å². The van der Waals surface area contributed by atoms with Crippen molar-refractivity contribution in [3.05, 3.63) is 42.4 Å². The number of imidazole rings is 1. The molecule has 2 heterocycles. The lowest BCUT2D eigenvalue weighted by atomic mass is 10.3. The Bertz CT molecular complexity index is 720. The number of nitrogens with zero attached hydrogens (tertiary/aromatic N) is 4. The van der Waals surface area contributed by atoms with Crippen molar-refractivity contribution >= 4 is 22.8 Å². The summed E-state index contributed by atoms with van der Waals surface area (Å²) < 4.78 is 2.02. The zero-order valence-corrected chi connectivity index (χ0v) is 11.7. The molecule has 1 aromatic carbocycles. The molecule has 5 heteroatoms. The van der Waals surface area contributed by atoms with Gasteiger partial charge in [0.15, 0.2) is 5.16 Å². The molecule has 0 fully saturated rings. The summed E-state index contributed by atoms with van der Waals surface area (Å²) in [4.78, 5) is 13.4. The summed E-state index contributed by atoms with van der Waals surface area (Å²) >= 11 is 1.64. The number of benzene rings is 1. The van der Waals surface area contributed by atoms with Gasteiger partial charge < -0.3 is 0 Å². The molecule has 0 spiro atoms. The summed E-state index contributed by atoms with van der Waals surface area (Å²) in [7, 11) is 0. The molecule has 0 aliphatic carbocycles. The van der Waals surface area contributed by atoms with Crippen molar-refractivity contribution in [1.29, 1.82) is 0 Å². The molecule has 4 nitrogen and oxygen atoms in total. The van der Waals surface area contributed by atoms with E-state index in [1.165, 1.54) is 0 Å². The summed E-state index contributed by atoms with van der Waals surface area (Å²) in [5.74, 6) is 1.87. The van der Waals surface area contributed by atoms with E-state index in [0.29, 0.717) is 0 Å². The van der Waals surface area contributed by atoms with Crippen molar-refractivity contribution in [3.8, 4) is 5.82 Å². The maximum atomic E-state index is 4.63. The van der Waals surface area contributed by atoms with Crippen LogP contribution in [0.15, 0.2) is 41.9 Å². The zero-order chi connectivity index (χ0) is 13.2. The van der Waals surface area contributed by atoms with E-state index in [1.807, 2.05) is 42.2 Å². The van der Waals surface area contributed by atoms with Crippen molar-refractivity contribution in [2.24, 2.45) is 0 Å². The third kappa shape index (κ3) is 2.21. The van der Waals surface area contributed by atoms with Gasteiger partial charge in [-0.25, -0.2) is 15.0 Å². The Hall–Kier alpha value is -1.88. The molecule has 0 saturated carbocycles. The van der Waals surface area contributed by atoms with Crippen LogP contribution in [0.3, 0.4) is 0 Å².